The van der Waals surface area contributed by atoms with Crippen LogP contribution in [0.25, 0.3) is 0 Å². The van der Waals surface area contributed by atoms with Gasteiger partial charge in [-0.1, -0.05) is 68.0 Å². The van der Waals surface area contributed by atoms with E-state index in [1.807, 2.05) is 27.7 Å². The summed E-state index contributed by atoms with van der Waals surface area (Å²) in [5, 5.41) is 2.71. The second-order valence-corrected chi connectivity index (χ2v) is 8.78. The Kier molecular flexibility index (Phi) is 6.32. The summed E-state index contributed by atoms with van der Waals surface area (Å²) < 4.78 is 0. The van der Waals surface area contributed by atoms with E-state index in [0.29, 0.717) is 20.1 Å². The maximum atomic E-state index is 6.24. The summed E-state index contributed by atoms with van der Waals surface area (Å²) in [4.78, 5) is 2.16. The van der Waals surface area contributed by atoms with Crippen LogP contribution in [0.5, 0.6) is 0 Å². The van der Waals surface area contributed by atoms with Gasteiger partial charge < -0.3 is 0 Å². The zero-order chi connectivity index (χ0) is 16.6. The minimum Gasteiger partial charge on any atom is -0.0840 e. The molecule has 2 rings (SSSR count). The Morgan fingerprint density at radius 3 is 1.00 bits per heavy atom. The lowest BCUT2D eigenvalue weighted by Crippen LogP contribution is -1.90. The number of benzene rings is 2. The van der Waals surface area contributed by atoms with Crippen LogP contribution >= 0.6 is 68.0 Å². The quantitative estimate of drug-likeness (QED) is 0.465. The van der Waals surface area contributed by atoms with E-state index in [0.717, 1.165) is 32.0 Å². The Bertz CT molecular complexity index is 626. The largest absolute Gasteiger partial charge is 0.0840 e. The van der Waals surface area contributed by atoms with Crippen molar-refractivity contribution in [2.75, 3.05) is 0 Å². The summed E-state index contributed by atoms with van der Waals surface area (Å²) in [7, 11) is 3.26. The predicted molar refractivity (Wildman–Crippen MR) is 104 cm³/mol. The summed E-state index contributed by atoms with van der Waals surface area (Å²) in [6.45, 7) is 8.00. The van der Waals surface area contributed by atoms with Crippen LogP contribution in [0.4, 0.5) is 0 Å². The van der Waals surface area contributed by atoms with Crippen molar-refractivity contribution in [3.63, 3.8) is 0 Å². The molecule has 0 fully saturated rings. The lowest BCUT2D eigenvalue weighted by atomic mass is 10.1. The SMILES string of the molecule is Cc1c(Cl)cc(Cl)c(C)c1SSc1c(C)c(Cl)cc(Cl)c1C. The van der Waals surface area contributed by atoms with Gasteiger partial charge in [0.15, 0.2) is 0 Å². The second-order valence-electron chi connectivity index (χ2n) is 5.01. The molecule has 2 aromatic carbocycles. The topological polar surface area (TPSA) is 0 Å². The fraction of sp³-hybridized carbons (Fsp3) is 0.250. The number of rotatable bonds is 3. The van der Waals surface area contributed by atoms with Crippen molar-refractivity contribution in [1.29, 1.82) is 0 Å². The Hall–Kier alpha value is 0.300. The van der Waals surface area contributed by atoms with Gasteiger partial charge >= 0.3 is 0 Å². The Morgan fingerprint density at radius 1 is 0.545 bits per heavy atom. The number of hydrogen-bond donors (Lipinski definition) is 0. The van der Waals surface area contributed by atoms with Crippen LogP contribution in [-0.4, -0.2) is 0 Å². The van der Waals surface area contributed by atoms with Crippen LogP contribution in [0.15, 0.2) is 21.9 Å². The molecule has 0 amide bonds. The summed E-state index contributed by atoms with van der Waals surface area (Å²) in [5.74, 6) is 0. The lowest BCUT2D eigenvalue weighted by Gasteiger charge is -2.15. The molecule has 0 saturated heterocycles. The van der Waals surface area contributed by atoms with Crippen LogP contribution in [0.1, 0.15) is 22.3 Å². The van der Waals surface area contributed by atoms with Gasteiger partial charge in [0.25, 0.3) is 0 Å². The molecule has 0 nitrogen and oxygen atoms in total. The molecule has 0 spiro atoms. The van der Waals surface area contributed by atoms with Crippen LogP contribution in [0, 0.1) is 27.7 Å². The van der Waals surface area contributed by atoms with Crippen LogP contribution in [0.3, 0.4) is 0 Å². The molecule has 0 aliphatic heterocycles. The molecule has 0 aromatic heterocycles. The Morgan fingerprint density at radius 2 is 0.773 bits per heavy atom. The van der Waals surface area contributed by atoms with Gasteiger partial charge in [-0.3, -0.25) is 0 Å². The normalized spacial score (nSPS) is 11.1. The molecule has 0 unspecified atom stereocenters. The fourth-order valence-electron chi connectivity index (χ4n) is 1.99. The van der Waals surface area contributed by atoms with Gasteiger partial charge in [0, 0.05) is 29.9 Å². The summed E-state index contributed by atoms with van der Waals surface area (Å²) >= 11 is 24.9. The van der Waals surface area contributed by atoms with Crippen LogP contribution in [-0.2, 0) is 0 Å². The first-order chi connectivity index (χ1) is 10.2. The maximum absolute atomic E-state index is 6.24. The van der Waals surface area contributed by atoms with Gasteiger partial charge in [0.1, 0.15) is 0 Å². The summed E-state index contributed by atoms with van der Waals surface area (Å²) in [6.07, 6.45) is 0. The third kappa shape index (κ3) is 3.68. The van der Waals surface area contributed by atoms with E-state index in [-0.39, 0.29) is 0 Å². The van der Waals surface area contributed by atoms with Crippen molar-refractivity contribution in [2.45, 2.75) is 37.5 Å². The molecule has 6 heteroatoms. The molecular weight excluding hydrogens is 398 g/mol. The van der Waals surface area contributed by atoms with Crippen molar-refractivity contribution in [1.82, 2.24) is 0 Å². The highest BCUT2D eigenvalue weighted by Crippen LogP contribution is 2.47. The fourth-order valence-corrected chi connectivity index (χ4v) is 6.24. The Labute approximate surface area is 159 Å². The minimum atomic E-state index is 0.677. The summed E-state index contributed by atoms with van der Waals surface area (Å²) in [6, 6.07) is 3.57. The van der Waals surface area contributed by atoms with Crippen molar-refractivity contribution in [3.8, 4) is 0 Å². The molecule has 0 atom stereocenters. The standard InChI is InChI=1S/C16H14Cl4S2/c1-7-11(17)5-12(18)8(2)15(7)21-22-16-9(3)13(19)6-14(20)10(16)4/h5-6H,1-4H3. The monoisotopic (exact) mass is 410 g/mol. The second kappa shape index (κ2) is 7.46. The average Bonchev–Trinajstić information content (AvgIpc) is 2.46. The van der Waals surface area contributed by atoms with Crippen molar-refractivity contribution < 1.29 is 0 Å². The van der Waals surface area contributed by atoms with Crippen molar-refractivity contribution in [2.24, 2.45) is 0 Å². The first-order valence-electron chi connectivity index (χ1n) is 6.49. The highest BCUT2D eigenvalue weighted by molar-refractivity contribution is 8.76. The predicted octanol–water partition coefficient (Wildman–Crippen LogP) is 8.33. The van der Waals surface area contributed by atoms with E-state index < -0.39 is 0 Å². The van der Waals surface area contributed by atoms with Gasteiger partial charge in [-0.05, 0) is 62.1 Å². The highest BCUT2D eigenvalue weighted by atomic mass is 35.5. The van der Waals surface area contributed by atoms with E-state index in [1.165, 1.54) is 0 Å². The maximum Gasteiger partial charge on any atom is 0.0461 e. The van der Waals surface area contributed by atoms with Gasteiger partial charge in [-0.15, -0.1) is 0 Å². The molecule has 2 aromatic rings. The van der Waals surface area contributed by atoms with Crippen LogP contribution < -0.4 is 0 Å². The van der Waals surface area contributed by atoms with Gasteiger partial charge in [-0.2, -0.15) is 0 Å². The average molecular weight is 412 g/mol. The molecule has 0 saturated carbocycles. The molecule has 0 heterocycles. The van der Waals surface area contributed by atoms with E-state index in [2.05, 4.69) is 0 Å². The van der Waals surface area contributed by atoms with Gasteiger partial charge in [0.05, 0.1) is 0 Å². The number of halogens is 4. The highest BCUT2D eigenvalue weighted by Gasteiger charge is 2.15. The smallest absolute Gasteiger partial charge is 0.0461 e. The van der Waals surface area contributed by atoms with Crippen LogP contribution in [0.2, 0.25) is 20.1 Å². The van der Waals surface area contributed by atoms with Crippen molar-refractivity contribution >= 4 is 68.0 Å². The summed E-state index contributed by atoms with van der Waals surface area (Å²) in [5.41, 5.74) is 4.13. The molecule has 0 radical (unpaired) electrons. The molecule has 22 heavy (non-hydrogen) atoms. The van der Waals surface area contributed by atoms with Gasteiger partial charge in [0.2, 0.25) is 0 Å². The van der Waals surface area contributed by atoms with Gasteiger partial charge in [-0.25, -0.2) is 0 Å². The molecule has 0 aliphatic carbocycles. The Balaban J connectivity index is 2.40. The molecular formula is C16H14Cl4S2. The minimum absolute atomic E-state index is 0.677. The van der Waals surface area contributed by atoms with E-state index in [4.69, 9.17) is 46.4 Å². The van der Waals surface area contributed by atoms with E-state index >= 15 is 0 Å². The molecule has 118 valence electrons. The first kappa shape index (κ1) is 18.6. The third-order valence-electron chi connectivity index (χ3n) is 3.51. The van der Waals surface area contributed by atoms with E-state index in [9.17, 15) is 0 Å². The molecule has 0 N–H and O–H groups in total. The van der Waals surface area contributed by atoms with E-state index in [1.54, 1.807) is 33.7 Å². The zero-order valence-electron chi connectivity index (χ0n) is 12.5. The first-order valence-corrected chi connectivity index (χ1v) is 10.1. The zero-order valence-corrected chi connectivity index (χ0v) is 17.1. The third-order valence-corrected chi connectivity index (χ3v) is 7.97. The number of hydrogen-bond acceptors (Lipinski definition) is 2. The molecule has 0 bridgehead atoms. The van der Waals surface area contributed by atoms with Crippen molar-refractivity contribution in [3.05, 3.63) is 54.5 Å². The molecule has 0 aliphatic rings. The lowest BCUT2D eigenvalue weighted by molar-refractivity contribution is 1.22.